The van der Waals surface area contributed by atoms with Crippen LogP contribution in [0.3, 0.4) is 0 Å². The molecule has 1 aromatic carbocycles. The Morgan fingerprint density at radius 1 is 1.05 bits per heavy atom. The fourth-order valence-electron chi connectivity index (χ4n) is 2.31. The van der Waals surface area contributed by atoms with E-state index in [2.05, 4.69) is 69.9 Å². The molecular formula is C17H30ClNO. The zero-order valence-corrected chi connectivity index (χ0v) is 14.4. The smallest absolute Gasteiger partial charge is 0.0873 e. The number of hydrogen-bond donors (Lipinski definition) is 0. The van der Waals surface area contributed by atoms with Gasteiger partial charge in [-0.25, -0.2) is 0 Å². The van der Waals surface area contributed by atoms with Crippen molar-refractivity contribution in [2.45, 2.75) is 40.7 Å². The molecule has 1 aromatic rings. The molecule has 20 heavy (non-hydrogen) atoms. The summed E-state index contributed by atoms with van der Waals surface area (Å²) >= 11 is 0. The van der Waals surface area contributed by atoms with Gasteiger partial charge in [-0.2, -0.15) is 0 Å². The molecule has 0 bridgehead atoms. The number of halogens is 1. The number of likely N-dealkylation sites (N-methyl/N-ethyl adjacent to an activating group) is 1. The van der Waals surface area contributed by atoms with Crippen LogP contribution in [0.4, 0.5) is 0 Å². The lowest BCUT2D eigenvalue weighted by molar-refractivity contribution is -0.0272. The molecule has 116 valence electrons. The second-order valence-corrected chi connectivity index (χ2v) is 6.05. The number of rotatable bonds is 7. The Kier molecular flexibility index (Phi) is 9.11. The van der Waals surface area contributed by atoms with Gasteiger partial charge in [0, 0.05) is 6.54 Å². The Morgan fingerprint density at radius 2 is 1.60 bits per heavy atom. The second-order valence-electron chi connectivity index (χ2n) is 6.05. The molecule has 3 heteroatoms. The van der Waals surface area contributed by atoms with E-state index in [0.717, 1.165) is 26.2 Å². The second kappa shape index (κ2) is 9.38. The van der Waals surface area contributed by atoms with Crippen LogP contribution in [-0.2, 0) is 4.74 Å². The van der Waals surface area contributed by atoms with Crippen molar-refractivity contribution in [3.05, 3.63) is 35.9 Å². The molecule has 2 nitrogen and oxygen atoms in total. The summed E-state index contributed by atoms with van der Waals surface area (Å²) in [5, 5.41) is 0. The first-order valence-corrected chi connectivity index (χ1v) is 7.38. The zero-order valence-electron chi connectivity index (χ0n) is 13.6. The Morgan fingerprint density at radius 3 is 2.05 bits per heavy atom. The summed E-state index contributed by atoms with van der Waals surface area (Å²) < 4.78 is 6.19. The van der Waals surface area contributed by atoms with Crippen molar-refractivity contribution in [2.75, 3.05) is 26.2 Å². The molecule has 0 saturated heterocycles. The Labute approximate surface area is 130 Å². The standard InChI is InChI=1S/C17H29NO.ClH/c1-6-18(7-2)13-14-19-16(17(3,4)5)15-11-9-8-10-12-15;/h8-12,16H,6-7,13-14H2,1-5H3;1H. The molecule has 1 rings (SSSR count). The molecular weight excluding hydrogens is 270 g/mol. The van der Waals surface area contributed by atoms with Crippen molar-refractivity contribution < 1.29 is 4.74 Å². The summed E-state index contributed by atoms with van der Waals surface area (Å²) in [4.78, 5) is 2.39. The van der Waals surface area contributed by atoms with E-state index in [0.29, 0.717) is 0 Å². The van der Waals surface area contributed by atoms with Crippen LogP contribution >= 0.6 is 12.4 Å². The van der Waals surface area contributed by atoms with Crippen molar-refractivity contribution in [1.29, 1.82) is 0 Å². The minimum absolute atomic E-state index is 0. The maximum atomic E-state index is 6.19. The first-order chi connectivity index (χ1) is 8.99. The summed E-state index contributed by atoms with van der Waals surface area (Å²) in [6.45, 7) is 15.1. The maximum absolute atomic E-state index is 6.19. The summed E-state index contributed by atoms with van der Waals surface area (Å²) in [5.74, 6) is 0. The molecule has 0 aliphatic rings. The highest BCUT2D eigenvalue weighted by atomic mass is 35.5. The molecule has 1 atom stereocenters. The average molecular weight is 300 g/mol. The van der Waals surface area contributed by atoms with Crippen LogP contribution in [0.2, 0.25) is 0 Å². The van der Waals surface area contributed by atoms with E-state index in [1.165, 1.54) is 5.56 Å². The predicted octanol–water partition coefficient (Wildman–Crippen LogP) is 4.55. The van der Waals surface area contributed by atoms with Crippen molar-refractivity contribution in [3.8, 4) is 0 Å². The predicted molar refractivity (Wildman–Crippen MR) is 89.6 cm³/mol. The van der Waals surface area contributed by atoms with E-state index < -0.39 is 0 Å². The fraction of sp³-hybridized carbons (Fsp3) is 0.647. The van der Waals surface area contributed by atoms with E-state index in [1.807, 2.05) is 0 Å². The number of ether oxygens (including phenoxy) is 1. The van der Waals surface area contributed by atoms with Crippen molar-refractivity contribution >= 4 is 12.4 Å². The molecule has 0 aliphatic heterocycles. The molecule has 0 spiro atoms. The highest BCUT2D eigenvalue weighted by Gasteiger charge is 2.26. The van der Waals surface area contributed by atoms with Gasteiger partial charge in [-0.3, -0.25) is 0 Å². The third-order valence-corrected chi connectivity index (χ3v) is 3.48. The number of benzene rings is 1. The van der Waals surface area contributed by atoms with Gasteiger partial charge in [0.2, 0.25) is 0 Å². The lowest BCUT2D eigenvalue weighted by Crippen LogP contribution is -2.29. The lowest BCUT2D eigenvalue weighted by Gasteiger charge is -2.32. The highest BCUT2D eigenvalue weighted by molar-refractivity contribution is 5.85. The van der Waals surface area contributed by atoms with E-state index in [9.17, 15) is 0 Å². The first-order valence-electron chi connectivity index (χ1n) is 7.38. The van der Waals surface area contributed by atoms with E-state index in [1.54, 1.807) is 0 Å². The third kappa shape index (κ3) is 6.25. The SMILES string of the molecule is CCN(CC)CCOC(c1ccccc1)C(C)(C)C.Cl. The minimum atomic E-state index is 0. The Hall–Kier alpha value is -0.570. The Balaban J connectivity index is 0.00000361. The zero-order chi connectivity index (χ0) is 14.3. The Bertz CT molecular complexity index is 344. The van der Waals surface area contributed by atoms with Gasteiger partial charge < -0.3 is 9.64 Å². The van der Waals surface area contributed by atoms with E-state index in [-0.39, 0.29) is 23.9 Å². The van der Waals surface area contributed by atoms with Gasteiger partial charge in [0.1, 0.15) is 0 Å². The largest absolute Gasteiger partial charge is 0.372 e. The monoisotopic (exact) mass is 299 g/mol. The van der Waals surface area contributed by atoms with Crippen molar-refractivity contribution in [3.63, 3.8) is 0 Å². The maximum Gasteiger partial charge on any atom is 0.0873 e. The quantitative estimate of drug-likeness (QED) is 0.732. The van der Waals surface area contributed by atoms with E-state index >= 15 is 0 Å². The number of nitrogens with zero attached hydrogens (tertiary/aromatic N) is 1. The van der Waals surface area contributed by atoms with Gasteiger partial charge in [-0.05, 0) is 24.1 Å². The molecule has 0 aromatic heterocycles. The van der Waals surface area contributed by atoms with Crippen LogP contribution in [0, 0.1) is 5.41 Å². The van der Waals surface area contributed by atoms with Crippen LogP contribution in [0.15, 0.2) is 30.3 Å². The van der Waals surface area contributed by atoms with Gasteiger partial charge in [-0.1, -0.05) is 65.0 Å². The first kappa shape index (κ1) is 19.4. The molecule has 0 radical (unpaired) electrons. The fourth-order valence-corrected chi connectivity index (χ4v) is 2.31. The van der Waals surface area contributed by atoms with Crippen LogP contribution in [-0.4, -0.2) is 31.1 Å². The van der Waals surface area contributed by atoms with Gasteiger partial charge >= 0.3 is 0 Å². The topological polar surface area (TPSA) is 12.5 Å². The van der Waals surface area contributed by atoms with E-state index in [4.69, 9.17) is 4.74 Å². The normalized spacial score (nSPS) is 13.1. The van der Waals surface area contributed by atoms with Crippen LogP contribution in [0.5, 0.6) is 0 Å². The highest BCUT2D eigenvalue weighted by Crippen LogP contribution is 2.35. The van der Waals surface area contributed by atoms with Gasteiger partial charge in [0.15, 0.2) is 0 Å². The van der Waals surface area contributed by atoms with Crippen molar-refractivity contribution in [1.82, 2.24) is 4.90 Å². The molecule has 0 saturated carbocycles. The molecule has 0 aliphatic carbocycles. The summed E-state index contributed by atoms with van der Waals surface area (Å²) in [7, 11) is 0. The third-order valence-electron chi connectivity index (χ3n) is 3.48. The molecule has 0 heterocycles. The number of hydrogen-bond acceptors (Lipinski definition) is 2. The van der Waals surface area contributed by atoms with Crippen LogP contribution < -0.4 is 0 Å². The molecule has 0 amide bonds. The molecule has 1 unspecified atom stereocenters. The van der Waals surface area contributed by atoms with Gasteiger partial charge in [0.25, 0.3) is 0 Å². The summed E-state index contributed by atoms with van der Waals surface area (Å²) in [5.41, 5.74) is 1.39. The molecule has 0 N–H and O–H groups in total. The lowest BCUT2D eigenvalue weighted by atomic mass is 9.84. The van der Waals surface area contributed by atoms with Crippen molar-refractivity contribution in [2.24, 2.45) is 5.41 Å². The average Bonchev–Trinajstić information content (AvgIpc) is 2.38. The van der Waals surface area contributed by atoms with Gasteiger partial charge in [0.05, 0.1) is 12.7 Å². The summed E-state index contributed by atoms with van der Waals surface area (Å²) in [6.07, 6.45) is 0.157. The summed E-state index contributed by atoms with van der Waals surface area (Å²) in [6, 6.07) is 10.5. The van der Waals surface area contributed by atoms with Gasteiger partial charge in [-0.15, -0.1) is 12.4 Å². The van der Waals surface area contributed by atoms with Crippen LogP contribution in [0.25, 0.3) is 0 Å². The molecule has 0 fully saturated rings. The minimum Gasteiger partial charge on any atom is -0.372 e. The van der Waals surface area contributed by atoms with Crippen LogP contribution in [0.1, 0.15) is 46.3 Å².